The smallest absolute Gasteiger partial charge is 0.238 e. The summed E-state index contributed by atoms with van der Waals surface area (Å²) in [6, 6.07) is 2.24. The highest BCUT2D eigenvalue weighted by molar-refractivity contribution is 5.82. The molecule has 3 atom stereocenters. The third kappa shape index (κ3) is 3.97. The molecule has 0 aromatic rings. The SMILES string of the molecule is CC1CC(C)CN(C(C)C(=O)NC2(C#N)CCCCC2)C1. The molecule has 3 unspecified atom stereocenters. The minimum absolute atomic E-state index is 0.0275. The molecule has 21 heavy (non-hydrogen) atoms. The lowest BCUT2D eigenvalue weighted by Crippen LogP contribution is -2.56. The van der Waals surface area contributed by atoms with Crippen molar-refractivity contribution in [3.05, 3.63) is 0 Å². The highest BCUT2D eigenvalue weighted by atomic mass is 16.2. The lowest BCUT2D eigenvalue weighted by atomic mass is 9.82. The Morgan fingerprint density at radius 3 is 2.33 bits per heavy atom. The third-order valence-electron chi connectivity index (χ3n) is 5.11. The first-order chi connectivity index (χ1) is 9.96. The predicted octanol–water partition coefficient (Wildman–Crippen LogP) is 2.70. The maximum Gasteiger partial charge on any atom is 0.238 e. The quantitative estimate of drug-likeness (QED) is 0.870. The van der Waals surface area contributed by atoms with Gasteiger partial charge >= 0.3 is 0 Å². The second kappa shape index (κ2) is 6.79. The van der Waals surface area contributed by atoms with E-state index in [-0.39, 0.29) is 11.9 Å². The van der Waals surface area contributed by atoms with Crippen LogP contribution in [0.15, 0.2) is 0 Å². The van der Waals surface area contributed by atoms with E-state index in [1.165, 1.54) is 12.8 Å². The van der Waals surface area contributed by atoms with Crippen LogP contribution in [-0.2, 0) is 4.79 Å². The highest BCUT2D eigenvalue weighted by Gasteiger charge is 2.36. The van der Waals surface area contributed by atoms with Crippen LogP contribution in [0.5, 0.6) is 0 Å². The van der Waals surface area contributed by atoms with Gasteiger partial charge in [0.2, 0.25) is 5.91 Å². The molecule has 0 spiro atoms. The fourth-order valence-electron chi connectivity index (χ4n) is 3.95. The largest absolute Gasteiger partial charge is 0.336 e. The Morgan fingerprint density at radius 1 is 1.24 bits per heavy atom. The summed E-state index contributed by atoms with van der Waals surface area (Å²) in [5.74, 6) is 1.31. The van der Waals surface area contributed by atoms with Gasteiger partial charge in [0, 0.05) is 13.1 Å². The number of rotatable bonds is 3. The molecule has 0 bridgehead atoms. The molecule has 0 aromatic carbocycles. The van der Waals surface area contributed by atoms with Crippen LogP contribution in [0.2, 0.25) is 0 Å². The summed E-state index contributed by atoms with van der Waals surface area (Å²) in [5.41, 5.74) is -0.614. The van der Waals surface area contributed by atoms with Gasteiger partial charge in [-0.3, -0.25) is 9.69 Å². The molecule has 4 nitrogen and oxygen atoms in total. The summed E-state index contributed by atoms with van der Waals surface area (Å²) >= 11 is 0. The lowest BCUT2D eigenvalue weighted by Gasteiger charge is -2.39. The summed E-state index contributed by atoms with van der Waals surface area (Å²) in [7, 11) is 0. The molecule has 2 rings (SSSR count). The predicted molar refractivity (Wildman–Crippen MR) is 83.6 cm³/mol. The molecule has 1 heterocycles. The number of carbonyl (C=O) groups is 1. The molecule has 118 valence electrons. The van der Waals surface area contributed by atoms with E-state index < -0.39 is 5.54 Å². The lowest BCUT2D eigenvalue weighted by molar-refractivity contribution is -0.128. The van der Waals surface area contributed by atoms with Crippen molar-refractivity contribution in [3.63, 3.8) is 0 Å². The average Bonchev–Trinajstić information content (AvgIpc) is 2.46. The van der Waals surface area contributed by atoms with E-state index in [4.69, 9.17) is 0 Å². The van der Waals surface area contributed by atoms with Crippen LogP contribution in [-0.4, -0.2) is 35.5 Å². The Hall–Kier alpha value is -1.08. The molecular weight excluding hydrogens is 262 g/mol. The molecule has 1 amide bonds. The zero-order valence-corrected chi connectivity index (χ0v) is 13.7. The van der Waals surface area contributed by atoms with Gasteiger partial charge < -0.3 is 5.32 Å². The molecule has 1 aliphatic heterocycles. The van der Waals surface area contributed by atoms with Gasteiger partial charge in [0.15, 0.2) is 0 Å². The number of nitriles is 1. The molecule has 0 radical (unpaired) electrons. The number of nitrogens with zero attached hydrogens (tertiary/aromatic N) is 2. The van der Waals surface area contributed by atoms with Gasteiger partial charge in [0.05, 0.1) is 12.1 Å². The number of carbonyl (C=O) groups excluding carboxylic acids is 1. The fraction of sp³-hybridized carbons (Fsp3) is 0.882. The summed E-state index contributed by atoms with van der Waals surface area (Å²) in [5, 5.41) is 12.6. The van der Waals surface area contributed by atoms with Gasteiger partial charge in [-0.05, 0) is 38.0 Å². The Balaban J connectivity index is 1.97. The van der Waals surface area contributed by atoms with E-state index in [1.807, 2.05) is 6.92 Å². The van der Waals surface area contributed by atoms with Crippen LogP contribution in [0.3, 0.4) is 0 Å². The van der Waals surface area contributed by atoms with Crippen LogP contribution < -0.4 is 5.32 Å². The molecule has 4 heteroatoms. The van der Waals surface area contributed by atoms with Crippen molar-refractivity contribution in [2.24, 2.45) is 11.8 Å². The number of likely N-dealkylation sites (tertiary alicyclic amines) is 1. The van der Waals surface area contributed by atoms with Gasteiger partial charge in [-0.2, -0.15) is 5.26 Å². The second-order valence-electron chi connectivity index (χ2n) is 7.32. The van der Waals surface area contributed by atoms with Crippen molar-refractivity contribution >= 4 is 5.91 Å². The maximum atomic E-state index is 12.6. The van der Waals surface area contributed by atoms with E-state index in [1.54, 1.807) is 0 Å². The first-order valence-electron chi connectivity index (χ1n) is 8.43. The van der Waals surface area contributed by atoms with Crippen LogP contribution in [0.4, 0.5) is 0 Å². The third-order valence-corrected chi connectivity index (χ3v) is 5.11. The van der Waals surface area contributed by atoms with E-state index in [9.17, 15) is 10.1 Å². The monoisotopic (exact) mass is 291 g/mol. The Labute approximate surface area is 128 Å². The van der Waals surface area contributed by atoms with Crippen LogP contribution in [0, 0.1) is 23.2 Å². The van der Waals surface area contributed by atoms with E-state index in [0.29, 0.717) is 11.8 Å². The van der Waals surface area contributed by atoms with Crippen molar-refractivity contribution < 1.29 is 4.79 Å². The first kappa shape index (κ1) is 16.3. The van der Waals surface area contributed by atoms with Crippen molar-refractivity contribution in [1.82, 2.24) is 10.2 Å². The Kier molecular flexibility index (Phi) is 5.27. The molecule has 1 saturated carbocycles. The number of nitrogens with one attached hydrogen (secondary N) is 1. The summed E-state index contributed by atoms with van der Waals surface area (Å²) in [4.78, 5) is 14.9. The summed E-state index contributed by atoms with van der Waals surface area (Å²) < 4.78 is 0. The number of piperidine rings is 1. The molecule has 2 aliphatic rings. The van der Waals surface area contributed by atoms with Crippen LogP contribution >= 0.6 is 0 Å². The normalized spacial score (nSPS) is 31.1. The Morgan fingerprint density at radius 2 is 1.81 bits per heavy atom. The standard InChI is InChI=1S/C17H29N3O/c1-13-9-14(2)11-20(10-13)15(3)16(21)19-17(12-18)7-5-4-6-8-17/h13-15H,4-11H2,1-3H3,(H,19,21). The van der Waals surface area contributed by atoms with E-state index >= 15 is 0 Å². The molecular formula is C17H29N3O. The van der Waals surface area contributed by atoms with E-state index in [2.05, 4.69) is 30.1 Å². The molecule has 2 fully saturated rings. The minimum Gasteiger partial charge on any atom is -0.336 e. The van der Waals surface area contributed by atoms with E-state index in [0.717, 1.165) is 38.8 Å². The van der Waals surface area contributed by atoms with Crippen molar-refractivity contribution in [2.45, 2.75) is 70.9 Å². The Bertz CT molecular complexity index is 399. The molecule has 0 aromatic heterocycles. The topological polar surface area (TPSA) is 56.1 Å². The molecule has 1 N–H and O–H groups in total. The van der Waals surface area contributed by atoms with Crippen LogP contribution in [0.1, 0.15) is 59.3 Å². The highest BCUT2D eigenvalue weighted by Crippen LogP contribution is 2.28. The molecule has 1 aliphatic carbocycles. The number of amides is 1. The van der Waals surface area contributed by atoms with Gasteiger partial charge in [0.1, 0.15) is 5.54 Å². The maximum absolute atomic E-state index is 12.6. The van der Waals surface area contributed by atoms with Crippen molar-refractivity contribution in [2.75, 3.05) is 13.1 Å². The summed E-state index contributed by atoms with van der Waals surface area (Å²) in [6.07, 6.45) is 6.10. The van der Waals surface area contributed by atoms with Gasteiger partial charge in [-0.15, -0.1) is 0 Å². The number of hydrogen-bond acceptors (Lipinski definition) is 3. The van der Waals surface area contributed by atoms with Crippen molar-refractivity contribution in [3.8, 4) is 6.07 Å². The van der Waals surface area contributed by atoms with Crippen molar-refractivity contribution in [1.29, 1.82) is 5.26 Å². The fourth-order valence-corrected chi connectivity index (χ4v) is 3.95. The zero-order chi connectivity index (χ0) is 15.5. The van der Waals surface area contributed by atoms with Gasteiger partial charge in [-0.1, -0.05) is 33.1 Å². The van der Waals surface area contributed by atoms with Gasteiger partial charge in [-0.25, -0.2) is 0 Å². The average molecular weight is 291 g/mol. The summed E-state index contributed by atoms with van der Waals surface area (Å²) in [6.45, 7) is 8.46. The van der Waals surface area contributed by atoms with Gasteiger partial charge in [0.25, 0.3) is 0 Å². The van der Waals surface area contributed by atoms with Crippen LogP contribution in [0.25, 0.3) is 0 Å². The zero-order valence-electron chi connectivity index (χ0n) is 13.7. The minimum atomic E-state index is -0.614. The number of hydrogen-bond donors (Lipinski definition) is 1. The molecule has 1 saturated heterocycles. The second-order valence-corrected chi connectivity index (χ2v) is 7.32. The first-order valence-corrected chi connectivity index (χ1v) is 8.43.